The van der Waals surface area contributed by atoms with E-state index in [0.29, 0.717) is 23.7 Å². The van der Waals surface area contributed by atoms with Crippen molar-refractivity contribution in [2.45, 2.75) is 13.5 Å². The molecular weight excluding hydrogens is 312 g/mol. The summed E-state index contributed by atoms with van der Waals surface area (Å²) in [6.07, 6.45) is 0.799. The molecule has 0 aliphatic rings. The molecule has 3 nitrogen and oxygen atoms in total. The lowest BCUT2D eigenvalue weighted by molar-refractivity contribution is 0.112. The monoisotopic (exact) mass is 332 g/mol. The van der Waals surface area contributed by atoms with E-state index < -0.39 is 0 Å². The molecule has 0 fully saturated rings. The Morgan fingerprint density at radius 2 is 1.72 bits per heavy atom. The first kappa shape index (κ1) is 16.8. The van der Waals surface area contributed by atoms with Gasteiger partial charge in [-0.2, -0.15) is 0 Å². The Morgan fingerprint density at radius 1 is 0.920 bits per heavy atom. The lowest BCUT2D eigenvalue weighted by Gasteiger charge is -2.14. The van der Waals surface area contributed by atoms with Crippen molar-refractivity contribution in [2.75, 3.05) is 7.11 Å². The highest BCUT2D eigenvalue weighted by Crippen LogP contribution is 2.30. The van der Waals surface area contributed by atoms with Crippen molar-refractivity contribution in [1.29, 1.82) is 0 Å². The van der Waals surface area contributed by atoms with Gasteiger partial charge in [-0.05, 0) is 47.4 Å². The number of benzene rings is 3. The number of hydrogen-bond acceptors (Lipinski definition) is 3. The Morgan fingerprint density at radius 3 is 2.44 bits per heavy atom. The Bertz CT molecular complexity index is 870. The molecule has 0 saturated heterocycles. The summed E-state index contributed by atoms with van der Waals surface area (Å²) in [4.78, 5) is 11.0. The fourth-order valence-electron chi connectivity index (χ4n) is 2.81. The van der Waals surface area contributed by atoms with Crippen molar-refractivity contribution in [3.63, 3.8) is 0 Å². The van der Waals surface area contributed by atoms with E-state index in [1.807, 2.05) is 24.3 Å². The largest absolute Gasteiger partial charge is 0.493 e. The average molecular weight is 332 g/mol. The quantitative estimate of drug-likeness (QED) is 0.592. The van der Waals surface area contributed by atoms with E-state index in [0.717, 1.165) is 11.8 Å². The molecule has 0 saturated carbocycles. The van der Waals surface area contributed by atoms with Crippen LogP contribution in [0.4, 0.5) is 0 Å². The van der Waals surface area contributed by atoms with Crippen LogP contribution < -0.4 is 9.47 Å². The molecule has 3 heteroatoms. The van der Waals surface area contributed by atoms with Crippen molar-refractivity contribution in [3.8, 4) is 22.6 Å². The van der Waals surface area contributed by atoms with Crippen LogP contribution in [0.25, 0.3) is 11.1 Å². The van der Waals surface area contributed by atoms with Gasteiger partial charge in [0.1, 0.15) is 12.9 Å². The van der Waals surface area contributed by atoms with Gasteiger partial charge >= 0.3 is 0 Å². The number of hydrogen-bond donors (Lipinski definition) is 0. The van der Waals surface area contributed by atoms with Gasteiger partial charge in [0.15, 0.2) is 11.5 Å². The smallest absolute Gasteiger partial charge is 0.162 e. The predicted octanol–water partition coefficient (Wildman–Crippen LogP) is 5.06. The summed E-state index contributed by atoms with van der Waals surface area (Å²) in [7, 11) is 1.59. The summed E-state index contributed by atoms with van der Waals surface area (Å²) >= 11 is 0. The van der Waals surface area contributed by atoms with Crippen molar-refractivity contribution in [1.82, 2.24) is 0 Å². The third-order valence-electron chi connectivity index (χ3n) is 4.24. The van der Waals surface area contributed by atoms with Gasteiger partial charge in [-0.3, -0.25) is 4.79 Å². The SMILES string of the molecule is COc1ccc(C=O)cc1OCc1cccc(-c2ccccc2)c1C. The third-order valence-corrected chi connectivity index (χ3v) is 4.24. The van der Waals surface area contributed by atoms with Crippen LogP contribution in [0.5, 0.6) is 11.5 Å². The highest BCUT2D eigenvalue weighted by atomic mass is 16.5. The fraction of sp³-hybridized carbons (Fsp3) is 0.136. The van der Waals surface area contributed by atoms with Crippen LogP contribution in [-0.2, 0) is 6.61 Å². The Hall–Kier alpha value is -3.07. The summed E-state index contributed by atoms with van der Waals surface area (Å²) < 4.78 is 11.3. The van der Waals surface area contributed by atoms with Crippen LogP contribution >= 0.6 is 0 Å². The minimum atomic E-state index is 0.408. The number of methoxy groups -OCH3 is 1. The molecule has 0 bridgehead atoms. The number of aldehydes is 1. The number of rotatable bonds is 6. The zero-order valence-electron chi connectivity index (χ0n) is 14.4. The average Bonchev–Trinajstić information content (AvgIpc) is 2.67. The number of ether oxygens (including phenoxy) is 2. The zero-order chi connectivity index (χ0) is 17.6. The van der Waals surface area contributed by atoms with Crippen LogP contribution in [-0.4, -0.2) is 13.4 Å². The second-order valence-electron chi connectivity index (χ2n) is 5.77. The molecule has 3 aromatic carbocycles. The minimum absolute atomic E-state index is 0.408. The first-order valence-electron chi connectivity index (χ1n) is 8.13. The van der Waals surface area contributed by atoms with Crippen LogP contribution in [0.15, 0.2) is 66.7 Å². The molecule has 0 heterocycles. The summed E-state index contributed by atoms with van der Waals surface area (Å²) in [5, 5.41) is 0. The third kappa shape index (κ3) is 3.72. The topological polar surface area (TPSA) is 35.5 Å². The van der Waals surface area contributed by atoms with E-state index >= 15 is 0 Å². The van der Waals surface area contributed by atoms with E-state index in [4.69, 9.17) is 9.47 Å². The summed E-state index contributed by atoms with van der Waals surface area (Å²) in [6, 6.07) is 21.6. The maximum atomic E-state index is 11.0. The molecule has 0 spiro atoms. The van der Waals surface area contributed by atoms with Crippen molar-refractivity contribution in [2.24, 2.45) is 0 Å². The van der Waals surface area contributed by atoms with Gasteiger partial charge < -0.3 is 9.47 Å². The van der Waals surface area contributed by atoms with Crippen molar-refractivity contribution in [3.05, 3.63) is 83.4 Å². The normalized spacial score (nSPS) is 10.3. The van der Waals surface area contributed by atoms with E-state index in [-0.39, 0.29) is 0 Å². The fourth-order valence-corrected chi connectivity index (χ4v) is 2.81. The summed E-state index contributed by atoms with van der Waals surface area (Å²) in [6.45, 7) is 2.51. The van der Waals surface area contributed by atoms with E-state index in [1.165, 1.54) is 16.7 Å². The predicted molar refractivity (Wildman–Crippen MR) is 99.3 cm³/mol. The van der Waals surface area contributed by atoms with Crippen molar-refractivity contribution < 1.29 is 14.3 Å². The molecule has 0 amide bonds. The van der Waals surface area contributed by atoms with E-state index in [2.05, 4.69) is 31.2 Å². The Balaban J connectivity index is 1.86. The molecule has 0 radical (unpaired) electrons. The number of carbonyl (C=O) groups is 1. The molecule has 0 atom stereocenters. The van der Waals surface area contributed by atoms with Crippen molar-refractivity contribution >= 4 is 6.29 Å². The maximum Gasteiger partial charge on any atom is 0.162 e. The number of carbonyl (C=O) groups excluding carboxylic acids is 1. The zero-order valence-corrected chi connectivity index (χ0v) is 14.4. The second-order valence-corrected chi connectivity index (χ2v) is 5.77. The summed E-state index contributed by atoms with van der Waals surface area (Å²) in [5.74, 6) is 1.18. The van der Waals surface area contributed by atoms with Crippen LogP contribution in [0.1, 0.15) is 21.5 Å². The first-order valence-corrected chi connectivity index (χ1v) is 8.13. The second kappa shape index (κ2) is 7.67. The van der Waals surface area contributed by atoms with Gasteiger partial charge in [0, 0.05) is 5.56 Å². The molecule has 3 rings (SSSR count). The van der Waals surface area contributed by atoms with Crippen LogP contribution in [0, 0.1) is 6.92 Å². The molecule has 0 aromatic heterocycles. The molecule has 25 heavy (non-hydrogen) atoms. The van der Waals surface area contributed by atoms with E-state index in [1.54, 1.807) is 25.3 Å². The van der Waals surface area contributed by atoms with Gasteiger partial charge in [-0.25, -0.2) is 0 Å². The minimum Gasteiger partial charge on any atom is -0.493 e. The van der Waals surface area contributed by atoms with Gasteiger partial charge in [-0.1, -0.05) is 48.5 Å². The molecular formula is C22H20O3. The Labute approximate surface area is 147 Å². The van der Waals surface area contributed by atoms with Gasteiger partial charge in [-0.15, -0.1) is 0 Å². The Kier molecular flexibility index (Phi) is 5.14. The van der Waals surface area contributed by atoms with Crippen LogP contribution in [0.3, 0.4) is 0 Å². The molecule has 0 aliphatic heterocycles. The van der Waals surface area contributed by atoms with Crippen LogP contribution in [0.2, 0.25) is 0 Å². The highest BCUT2D eigenvalue weighted by molar-refractivity contribution is 5.76. The van der Waals surface area contributed by atoms with Gasteiger partial charge in [0.05, 0.1) is 7.11 Å². The summed E-state index contributed by atoms with van der Waals surface area (Å²) in [5.41, 5.74) is 5.21. The first-order chi connectivity index (χ1) is 12.2. The lowest BCUT2D eigenvalue weighted by atomic mass is 9.97. The maximum absolute atomic E-state index is 11.0. The molecule has 0 N–H and O–H groups in total. The molecule has 3 aromatic rings. The molecule has 126 valence electrons. The highest BCUT2D eigenvalue weighted by Gasteiger charge is 2.09. The molecule has 0 aliphatic carbocycles. The lowest BCUT2D eigenvalue weighted by Crippen LogP contribution is -2.01. The van der Waals surface area contributed by atoms with Gasteiger partial charge in [0.2, 0.25) is 0 Å². The van der Waals surface area contributed by atoms with E-state index in [9.17, 15) is 4.79 Å². The molecule has 0 unspecified atom stereocenters. The van der Waals surface area contributed by atoms with Gasteiger partial charge in [0.25, 0.3) is 0 Å². The standard InChI is InChI=1S/C22H20O3/c1-16-19(9-6-10-20(16)18-7-4-3-5-8-18)15-25-22-13-17(14-23)11-12-21(22)24-2/h3-14H,15H2,1-2H3.